The third-order valence-electron chi connectivity index (χ3n) is 25.8. The average Bonchev–Trinajstić information content (AvgIpc) is 1.66. The summed E-state index contributed by atoms with van der Waals surface area (Å²) < 4.78 is 40.5. The number of Topliss-reactive ketones (excluding diaryl/α,β-unsaturated/α-hetero) is 4. The number of nitrogens with one attached hydrogen (secondary N) is 5. The van der Waals surface area contributed by atoms with Crippen molar-refractivity contribution >= 4 is 88.0 Å². The number of urea groups is 1. The highest BCUT2D eigenvalue weighted by Crippen LogP contribution is 2.34. The molecule has 0 spiro atoms. The van der Waals surface area contributed by atoms with Crippen molar-refractivity contribution in [2.45, 2.75) is 258 Å². The molecule has 770 valence electrons. The Bertz CT molecular complexity index is 4630. The summed E-state index contributed by atoms with van der Waals surface area (Å²) >= 11 is 0. The highest BCUT2D eigenvalue weighted by atomic mass is 16.6. The van der Waals surface area contributed by atoms with Gasteiger partial charge in [0, 0.05) is 140 Å². The van der Waals surface area contributed by atoms with Gasteiger partial charge in [-0.1, -0.05) is 153 Å². The Morgan fingerprint density at radius 3 is 1.80 bits per heavy atom. The molecule has 0 radical (unpaired) electrons. The summed E-state index contributed by atoms with van der Waals surface area (Å²) in [6.45, 7) is 18.4. The first-order chi connectivity index (χ1) is 66.3. The van der Waals surface area contributed by atoms with E-state index in [2.05, 4.69) is 38.4 Å². The molecule has 0 aliphatic carbocycles. The summed E-state index contributed by atoms with van der Waals surface area (Å²) in [6, 6.07) is 25.6. The van der Waals surface area contributed by atoms with Crippen molar-refractivity contribution in [2.75, 3.05) is 118 Å². The molecule has 0 aromatic heterocycles. The SMILES string of the molecule is CC[C@H](C)[C@@H]([C@@H](CC(=O)N1CCCC1[C@H](OC)[C@@H](C)C(=O)N[C@H](C)[C@@H](O)c1ccccc1)OC)N(C)C(=O)[C@@H](CC(=O)[C@H](C(C)C)N(C)C(=O)OCc1ccc(NC(=O)[C@H](CCCNC(N)=O)CC(=O)[C@@H](NC(=O)[C@@H](CCC(=O)NC[C@H](O)[C@@H](O)[C@H](O)[C@H](O)CO)CC(=O)CCOCCOCCOCCOCCCC(=O)CCC(=O)N2Cc3ccccc3C#Cc3ccccc32)C(C)C)cc1)C(C)C. The van der Waals surface area contributed by atoms with E-state index in [0.717, 1.165) is 16.7 Å². The van der Waals surface area contributed by atoms with Crippen molar-refractivity contribution in [3.8, 4) is 11.8 Å². The fourth-order valence-corrected chi connectivity index (χ4v) is 17.4. The van der Waals surface area contributed by atoms with Crippen LogP contribution < -0.4 is 37.2 Å². The molecule has 10 amide bonds. The first kappa shape index (κ1) is 117. The molecule has 4 aromatic carbocycles. The zero-order valence-corrected chi connectivity index (χ0v) is 83.3. The zero-order valence-electron chi connectivity index (χ0n) is 83.3. The predicted molar refractivity (Wildman–Crippen MR) is 519 cm³/mol. The van der Waals surface area contributed by atoms with Gasteiger partial charge in [0.05, 0.1) is 132 Å². The van der Waals surface area contributed by atoms with Gasteiger partial charge in [0.25, 0.3) is 0 Å². The van der Waals surface area contributed by atoms with Crippen molar-refractivity contribution in [1.29, 1.82) is 0 Å². The van der Waals surface area contributed by atoms with E-state index in [1.807, 2.05) is 94.4 Å². The Morgan fingerprint density at radius 2 is 1.18 bits per heavy atom. The topological polar surface area (TPSA) is 507 Å². The number of nitrogens with zero attached hydrogens (tertiary/aromatic N) is 4. The van der Waals surface area contributed by atoms with Crippen molar-refractivity contribution < 1.29 is 126 Å². The normalized spacial score (nSPS) is 16.5. The van der Waals surface area contributed by atoms with E-state index in [-0.39, 0.29) is 170 Å². The lowest BCUT2D eigenvalue weighted by molar-refractivity contribution is -0.149. The number of nitrogens with two attached hydrogens (primary N) is 1. The summed E-state index contributed by atoms with van der Waals surface area (Å²) in [4.78, 5) is 187. The summed E-state index contributed by atoms with van der Waals surface area (Å²) in [5.74, 6) is -3.76. The molecule has 0 bridgehead atoms. The molecule has 1 unspecified atom stereocenters. The Morgan fingerprint density at radius 1 is 0.568 bits per heavy atom. The Kier molecular flexibility index (Phi) is 51.6. The molecule has 4 aromatic rings. The quantitative estimate of drug-likeness (QED) is 0.0153. The number of methoxy groups -OCH3 is 2. The number of hydrogen-bond acceptors (Lipinski definition) is 26. The molecule has 2 heterocycles. The van der Waals surface area contributed by atoms with E-state index in [1.54, 1.807) is 99.7 Å². The minimum atomic E-state index is -1.99. The minimum absolute atomic E-state index is 0.0373. The molecule has 1 fully saturated rings. The number of anilines is 2. The van der Waals surface area contributed by atoms with Gasteiger partial charge >= 0.3 is 12.1 Å². The van der Waals surface area contributed by atoms with Gasteiger partial charge in [0.2, 0.25) is 41.4 Å². The van der Waals surface area contributed by atoms with E-state index < -0.39 is 182 Å². The fraction of sp³-hybridized carbons (Fsp3) is 0.621. The number of benzene rings is 4. The number of primary amides is 1. The molecule has 36 heteroatoms. The molecular formula is C103H152N10O26. The van der Waals surface area contributed by atoms with E-state index in [0.29, 0.717) is 62.2 Å². The van der Waals surface area contributed by atoms with Crippen LogP contribution in [-0.2, 0) is 99.0 Å². The number of aliphatic hydroxyl groups excluding tert-OH is 6. The van der Waals surface area contributed by atoms with Gasteiger partial charge in [0.15, 0.2) is 11.6 Å². The predicted octanol–water partition coefficient (Wildman–Crippen LogP) is 7.21. The second-order valence-electron chi connectivity index (χ2n) is 37.2. The van der Waals surface area contributed by atoms with Gasteiger partial charge in [-0.15, -0.1) is 0 Å². The van der Waals surface area contributed by atoms with Crippen LogP contribution in [0.3, 0.4) is 0 Å². The minimum Gasteiger partial charge on any atom is -0.445 e. The summed E-state index contributed by atoms with van der Waals surface area (Å²) in [6.07, 6.45) is -9.95. The van der Waals surface area contributed by atoms with Crippen molar-refractivity contribution in [3.63, 3.8) is 0 Å². The molecule has 17 atom stereocenters. The van der Waals surface area contributed by atoms with Crippen LogP contribution in [0.2, 0.25) is 0 Å². The number of carbonyl (C=O) groups is 13. The molecule has 13 N–H and O–H groups in total. The highest BCUT2D eigenvalue weighted by molar-refractivity contribution is 5.99. The molecule has 2 aliphatic rings. The molecular weight excluding hydrogens is 1790 g/mol. The number of likely N-dealkylation sites (N-methyl/N-ethyl adjacent to an activating group) is 2. The van der Waals surface area contributed by atoms with Gasteiger partial charge in [-0.3, -0.25) is 52.7 Å². The summed E-state index contributed by atoms with van der Waals surface area (Å²) in [5, 5.41) is 74.4. The van der Waals surface area contributed by atoms with E-state index in [4.69, 9.17) is 38.9 Å². The molecule has 6 rings (SSSR count). The number of carbonyl (C=O) groups excluding carboxylic acids is 13. The van der Waals surface area contributed by atoms with Crippen LogP contribution >= 0.6 is 0 Å². The zero-order chi connectivity index (χ0) is 103. The lowest BCUT2D eigenvalue weighted by Gasteiger charge is -2.41. The van der Waals surface area contributed by atoms with Gasteiger partial charge in [-0.05, 0) is 116 Å². The Hall–Kier alpha value is -10.5. The van der Waals surface area contributed by atoms with Gasteiger partial charge in [-0.25, -0.2) is 9.59 Å². The van der Waals surface area contributed by atoms with Gasteiger partial charge < -0.3 is 116 Å². The molecule has 0 saturated carbocycles. The smallest absolute Gasteiger partial charge is 0.410 e. The van der Waals surface area contributed by atoms with Crippen LogP contribution in [-0.4, -0.2) is 296 Å². The number of aliphatic hydroxyl groups is 6. The average molecular weight is 1950 g/mol. The number of ether oxygens (including phenoxy) is 7. The standard InChI is InChI=1S/C103H152N10O26/c1-15-67(8)93(87(133-13)59-90(123)112-47-24-34-82(112)97(134-14)68(9)98(127)107-69(10)94(124)73-28-17-16-18-29-73)110(11)101(130)80(64(2)3)58-84(118)92(66(6)7)111(12)103(132)139-63-70-35-40-77(41-36-70)108-99(128)74(31-23-46-105-102(104)131)57-83(117)91(65(4)5)109-100(129)75(39-43-88(121)106-60-85(119)95(125)96(126)86(120)62-114)56-79(116)45-49-136-51-53-138-55-54-137-52-50-135-48-25-32-78(115)42-44-89(122)113-61-76-30-20-19-26-71(76)37-38-72-27-21-22-33-81(72)113/h16-22,26-30,33,35-36,40-41,64-69,74-75,80,82,85-87,91-97,114,119-120,124-126H,15,23-25,31-32,34,39,42-63H2,1-14H3,(H,106,121)(H,107,127)(H,108,128)(H,109,129)(H3,104,105,131)/t67-,68+,69+,74+,75-,80-,82?,85-,86+,87+,91-,92-,93-,94+,95+,96+,97+/m0/s1. The van der Waals surface area contributed by atoms with Crippen molar-refractivity contribution in [3.05, 3.63) is 131 Å². The van der Waals surface area contributed by atoms with E-state index in [1.165, 1.54) is 26.2 Å². The number of fused-ring (bicyclic) bond motifs is 2. The molecule has 139 heavy (non-hydrogen) atoms. The largest absolute Gasteiger partial charge is 0.445 e. The first-order valence-electron chi connectivity index (χ1n) is 48.5. The van der Waals surface area contributed by atoms with Gasteiger partial charge in [-0.2, -0.15) is 0 Å². The number of amides is 10. The molecule has 1 saturated heterocycles. The van der Waals surface area contributed by atoms with E-state index in [9.17, 15) is 88.2 Å². The second kappa shape index (κ2) is 61.2. The number of ketones is 4. The first-order valence-corrected chi connectivity index (χ1v) is 48.5. The Balaban J connectivity index is 0.990. The van der Waals surface area contributed by atoms with Crippen molar-refractivity contribution in [2.24, 2.45) is 53.1 Å². The second-order valence-corrected chi connectivity index (χ2v) is 37.2. The maximum atomic E-state index is 15.0. The van der Waals surface area contributed by atoms with Crippen LogP contribution in [0.15, 0.2) is 103 Å². The van der Waals surface area contributed by atoms with E-state index >= 15 is 4.79 Å². The maximum Gasteiger partial charge on any atom is 0.410 e. The number of hydrogen-bond donors (Lipinski definition) is 12. The highest BCUT2D eigenvalue weighted by Gasteiger charge is 2.45. The Labute approximate surface area is 817 Å². The van der Waals surface area contributed by atoms with Crippen LogP contribution in [0.25, 0.3) is 0 Å². The van der Waals surface area contributed by atoms with Crippen LogP contribution in [0.1, 0.15) is 206 Å². The number of rotatable bonds is 65. The monoisotopic (exact) mass is 1950 g/mol. The molecule has 36 nitrogen and oxygen atoms in total. The fourth-order valence-electron chi connectivity index (χ4n) is 17.4. The number of para-hydroxylation sites is 1. The molecule has 2 aliphatic heterocycles. The number of likely N-dealkylation sites (tertiary alicyclic amines) is 1. The summed E-state index contributed by atoms with van der Waals surface area (Å²) in [5.41, 5.74) is 9.98. The van der Waals surface area contributed by atoms with Gasteiger partial charge in [0.1, 0.15) is 36.5 Å². The van der Waals surface area contributed by atoms with Crippen LogP contribution in [0, 0.1) is 59.2 Å². The van der Waals surface area contributed by atoms with Crippen molar-refractivity contribution in [1.82, 2.24) is 36.0 Å². The maximum absolute atomic E-state index is 15.0. The van der Waals surface area contributed by atoms with Crippen LogP contribution in [0.5, 0.6) is 0 Å². The lowest BCUT2D eigenvalue weighted by atomic mass is 9.83. The van der Waals surface area contributed by atoms with Crippen LogP contribution in [0.4, 0.5) is 21.0 Å². The third kappa shape index (κ3) is 38.1. The third-order valence-corrected chi connectivity index (χ3v) is 25.8. The lowest BCUT2D eigenvalue weighted by Crippen LogP contribution is -2.55. The summed E-state index contributed by atoms with van der Waals surface area (Å²) in [7, 11) is 6.10.